The number of nitrogens with zero attached hydrogens (tertiary/aromatic N) is 1. The van der Waals surface area contributed by atoms with Crippen molar-refractivity contribution in [1.29, 1.82) is 0 Å². The number of alkyl halides is 3. The van der Waals surface area contributed by atoms with Crippen LogP contribution in [-0.4, -0.2) is 37.1 Å². The third kappa shape index (κ3) is 5.61. The molecular formula is C17H25F3N2. The molecule has 1 saturated heterocycles. The lowest BCUT2D eigenvalue weighted by molar-refractivity contribution is -0.137. The van der Waals surface area contributed by atoms with Crippen molar-refractivity contribution < 1.29 is 13.2 Å². The monoisotopic (exact) mass is 314 g/mol. The smallest absolute Gasteiger partial charge is 0.313 e. The zero-order valence-corrected chi connectivity index (χ0v) is 13.1. The summed E-state index contributed by atoms with van der Waals surface area (Å²) in [6.07, 6.45) is 0.236. The van der Waals surface area contributed by atoms with E-state index in [1.165, 1.54) is 44.5 Å². The molecule has 22 heavy (non-hydrogen) atoms. The molecule has 0 saturated carbocycles. The Labute approximate surface area is 130 Å². The molecule has 0 aromatic heterocycles. The Balaban J connectivity index is 1.75. The predicted octanol–water partition coefficient (Wildman–Crippen LogP) is 3.71. The van der Waals surface area contributed by atoms with Crippen LogP contribution in [0.25, 0.3) is 0 Å². The molecule has 1 aromatic rings. The number of benzene rings is 1. The van der Waals surface area contributed by atoms with Crippen molar-refractivity contribution in [3.05, 3.63) is 35.4 Å². The number of hydrogen-bond donors (Lipinski definition) is 1. The molecule has 0 bridgehead atoms. The predicted molar refractivity (Wildman–Crippen MR) is 82.9 cm³/mol. The zero-order chi connectivity index (χ0) is 16.0. The Morgan fingerprint density at radius 1 is 1.18 bits per heavy atom. The lowest BCUT2D eigenvalue weighted by atomic mass is 10.0. The molecular weight excluding hydrogens is 289 g/mol. The van der Waals surface area contributed by atoms with Gasteiger partial charge in [-0.3, -0.25) is 0 Å². The Morgan fingerprint density at radius 3 is 2.59 bits per heavy atom. The number of halogens is 3. The summed E-state index contributed by atoms with van der Waals surface area (Å²) in [5, 5.41) is 3.41. The summed E-state index contributed by atoms with van der Waals surface area (Å²) in [5.74, 6) is 0. The van der Waals surface area contributed by atoms with E-state index in [0.29, 0.717) is 6.42 Å². The maximum Gasteiger partial charge on any atom is 0.416 e. The third-order valence-corrected chi connectivity index (χ3v) is 4.17. The molecule has 1 atom stereocenters. The van der Waals surface area contributed by atoms with E-state index >= 15 is 0 Å². The minimum atomic E-state index is -4.26. The average molecular weight is 314 g/mol. The summed E-state index contributed by atoms with van der Waals surface area (Å²) in [4.78, 5) is 2.45. The van der Waals surface area contributed by atoms with Gasteiger partial charge in [0.05, 0.1) is 5.56 Å². The van der Waals surface area contributed by atoms with Crippen LogP contribution in [0, 0.1) is 0 Å². The molecule has 0 spiro atoms. The number of nitrogens with one attached hydrogen (secondary N) is 1. The lowest BCUT2D eigenvalue weighted by Crippen LogP contribution is -2.39. The van der Waals surface area contributed by atoms with Crippen molar-refractivity contribution >= 4 is 0 Å². The van der Waals surface area contributed by atoms with Crippen LogP contribution in [0.2, 0.25) is 0 Å². The fourth-order valence-corrected chi connectivity index (χ4v) is 2.95. The molecule has 124 valence electrons. The Morgan fingerprint density at radius 2 is 1.91 bits per heavy atom. The highest BCUT2D eigenvalue weighted by atomic mass is 19.4. The first-order chi connectivity index (χ1) is 10.4. The second-order valence-corrected chi connectivity index (χ2v) is 6.16. The standard InChI is InChI=1S/C17H25F3N2/c1-14(21-8-11-22-9-3-2-4-10-22)12-15-6-5-7-16(13-15)17(18,19)20/h5-7,13-14,21H,2-4,8-12H2,1H3. The van der Waals surface area contributed by atoms with Crippen molar-refractivity contribution in [2.75, 3.05) is 26.2 Å². The molecule has 1 aliphatic heterocycles. The molecule has 0 radical (unpaired) electrons. The van der Waals surface area contributed by atoms with Crippen molar-refractivity contribution in [3.63, 3.8) is 0 Å². The second kappa shape index (κ2) is 7.97. The summed E-state index contributed by atoms with van der Waals surface area (Å²) >= 11 is 0. The molecule has 1 aromatic carbocycles. The molecule has 1 fully saturated rings. The van der Waals surface area contributed by atoms with Crippen LogP contribution < -0.4 is 5.32 Å². The Kier molecular flexibility index (Phi) is 6.26. The van der Waals surface area contributed by atoms with E-state index in [9.17, 15) is 13.2 Å². The van der Waals surface area contributed by atoms with Crippen LogP contribution in [0.5, 0.6) is 0 Å². The molecule has 1 aliphatic rings. The van der Waals surface area contributed by atoms with Gasteiger partial charge in [-0.2, -0.15) is 13.2 Å². The van der Waals surface area contributed by atoms with E-state index in [1.54, 1.807) is 6.07 Å². The van der Waals surface area contributed by atoms with E-state index in [4.69, 9.17) is 0 Å². The number of likely N-dealkylation sites (tertiary alicyclic amines) is 1. The first-order valence-corrected chi connectivity index (χ1v) is 8.07. The highest BCUT2D eigenvalue weighted by molar-refractivity contribution is 5.26. The van der Waals surface area contributed by atoms with E-state index in [-0.39, 0.29) is 6.04 Å². The quantitative estimate of drug-likeness (QED) is 0.861. The van der Waals surface area contributed by atoms with Crippen LogP contribution in [0.15, 0.2) is 24.3 Å². The van der Waals surface area contributed by atoms with Crippen LogP contribution in [0.1, 0.15) is 37.3 Å². The van der Waals surface area contributed by atoms with Gasteiger partial charge in [0.1, 0.15) is 0 Å². The summed E-state index contributed by atoms with van der Waals surface area (Å²) in [6, 6.07) is 5.80. The molecule has 5 heteroatoms. The highest BCUT2D eigenvalue weighted by Crippen LogP contribution is 2.29. The van der Waals surface area contributed by atoms with Gasteiger partial charge in [-0.25, -0.2) is 0 Å². The summed E-state index contributed by atoms with van der Waals surface area (Å²) < 4.78 is 38.1. The summed E-state index contributed by atoms with van der Waals surface area (Å²) in [6.45, 7) is 6.27. The van der Waals surface area contributed by atoms with Crippen LogP contribution in [-0.2, 0) is 12.6 Å². The van der Waals surface area contributed by atoms with Crippen LogP contribution in [0.3, 0.4) is 0 Å². The van der Waals surface area contributed by atoms with Crippen molar-refractivity contribution in [3.8, 4) is 0 Å². The molecule has 0 aliphatic carbocycles. The minimum Gasteiger partial charge on any atom is -0.313 e. The fourth-order valence-electron chi connectivity index (χ4n) is 2.95. The van der Waals surface area contributed by atoms with Gasteiger partial charge < -0.3 is 10.2 Å². The SMILES string of the molecule is CC(Cc1cccc(C(F)(F)F)c1)NCCN1CCCCC1. The van der Waals surface area contributed by atoms with E-state index in [2.05, 4.69) is 10.2 Å². The van der Waals surface area contributed by atoms with E-state index in [1.807, 2.05) is 6.92 Å². The van der Waals surface area contributed by atoms with Gasteiger partial charge in [-0.05, 0) is 50.9 Å². The third-order valence-electron chi connectivity index (χ3n) is 4.17. The van der Waals surface area contributed by atoms with E-state index < -0.39 is 11.7 Å². The van der Waals surface area contributed by atoms with Gasteiger partial charge in [-0.15, -0.1) is 0 Å². The Bertz CT molecular complexity index is 453. The molecule has 1 heterocycles. The van der Waals surface area contributed by atoms with Gasteiger partial charge >= 0.3 is 6.18 Å². The van der Waals surface area contributed by atoms with Crippen LogP contribution in [0.4, 0.5) is 13.2 Å². The minimum absolute atomic E-state index is 0.174. The average Bonchev–Trinajstić information content (AvgIpc) is 2.48. The van der Waals surface area contributed by atoms with Gasteiger partial charge in [0.25, 0.3) is 0 Å². The largest absolute Gasteiger partial charge is 0.416 e. The van der Waals surface area contributed by atoms with Crippen molar-refractivity contribution in [2.24, 2.45) is 0 Å². The maximum absolute atomic E-state index is 12.7. The first-order valence-electron chi connectivity index (χ1n) is 8.07. The maximum atomic E-state index is 12.7. The molecule has 2 nitrogen and oxygen atoms in total. The van der Waals surface area contributed by atoms with Crippen molar-refractivity contribution in [2.45, 2.75) is 44.8 Å². The van der Waals surface area contributed by atoms with Gasteiger partial charge in [0.15, 0.2) is 0 Å². The number of hydrogen-bond acceptors (Lipinski definition) is 2. The van der Waals surface area contributed by atoms with Gasteiger partial charge in [-0.1, -0.05) is 24.6 Å². The topological polar surface area (TPSA) is 15.3 Å². The molecule has 1 N–H and O–H groups in total. The zero-order valence-electron chi connectivity index (χ0n) is 13.1. The second-order valence-electron chi connectivity index (χ2n) is 6.16. The highest BCUT2D eigenvalue weighted by Gasteiger charge is 2.30. The van der Waals surface area contributed by atoms with E-state index in [0.717, 1.165) is 24.7 Å². The molecule has 0 amide bonds. The van der Waals surface area contributed by atoms with Gasteiger partial charge in [0, 0.05) is 19.1 Å². The fraction of sp³-hybridized carbons (Fsp3) is 0.647. The molecule has 2 rings (SSSR count). The normalized spacial score (nSPS) is 18.4. The molecule has 1 unspecified atom stereocenters. The summed E-state index contributed by atoms with van der Waals surface area (Å²) in [5.41, 5.74) is 0.165. The van der Waals surface area contributed by atoms with Crippen molar-refractivity contribution in [1.82, 2.24) is 10.2 Å². The lowest BCUT2D eigenvalue weighted by Gasteiger charge is -2.27. The first kappa shape index (κ1) is 17.3. The van der Waals surface area contributed by atoms with Crippen LogP contribution >= 0.6 is 0 Å². The summed E-state index contributed by atoms with van der Waals surface area (Å²) in [7, 11) is 0. The number of rotatable bonds is 6. The van der Waals surface area contributed by atoms with Gasteiger partial charge in [0.2, 0.25) is 0 Å². The Hall–Kier alpha value is -1.07. The number of piperidine rings is 1.